The molecule has 5 N–H and O–H groups in total. The van der Waals surface area contributed by atoms with E-state index >= 15 is 0 Å². The van der Waals surface area contributed by atoms with Crippen molar-refractivity contribution in [2.24, 2.45) is 23.3 Å². The molecule has 1 saturated carbocycles. The summed E-state index contributed by atoms with van der Waals surface area (Å²) in [6.45, 7) is 5.40. The van der Waals surface area contributed by atoms with Crippen LogP contribution in [0.2, 0.25) is 0 Å². The molecule has 3 amide bonds. The van der Waals surface area contributed by atoms with Gasteiger partial charge in [-0.25, -0.2) is 0 Å². The van der Waals surface area contributed by atoms with E-state index in [1.54, 1.807) is 18.7 Å². The van der Waals surface area contributed by atoms with E-state index in [9.17, 15) is 19.5 Å². The molecular formula is C19H34N4O4. The van der Waals surface area contributed by atoms with Crippen molar-refractivity contribution >= 4 is 17.7 Å². The Morgan fingerprint density at radius 3 is 2.37 bits per heavy atom. The van der Waals surface area contributed by atoms with E-state index in [-0.39, 0.29) is 5.91 Å². The van der Waals surface area contributed by atoms with Gasteiger partial charge in [0.25, 0.3) is 0 Å². The van der Waals surface area contributed by atoms with Gasteiger partial charge in [-0.1, -0.05) is 26.2 Å². The zero-order chi connectivity index (χ0) is 20.5. The van der Waals surface area contributed by atoms with Crippen molar-refractivity contribution in [2.75, 3.05) is 13.6 Å². The molecule has 1 heterocycles. The Balaban J connectivity index is 2.33. The molecule has 8 heteroatoms. The molecule has 1 aliphatic carbocycles. The van der Waals surface area contributed by atoms with Gasteiger partial charge in [0.2, 0.25) is 17.7 Å². The van der Waals surface area contributed by atoms with Gasteiger partial charge in [-0.3, -0.25) is 14.4 Å². The Bertz CT molecular complexity index is 590. The number of hydrogen-bond donors (Lipinski definition) is 3. The maximum atomic E-state index is 13.4. The average Bonchev–Trinajstić information content (AvgIpc) is 2.77. The first kappa shape index (κ1) is 21.6. The summed E-state index contributed by atoms with van der Waals surface area (Å²) in [7, 11) is 1.44. The molecule has 2 fully saturated rings. The van der Waals surface area contributed by atoms with Gasteiger partial charge in [0.05, 0.1) is 12.1 Å². The third-order valence-electron chi connectivity index (χ3n) is 6.62. The maximum Gasteiger partial charge on any atom is 0.249 e. The number of carbonyl (C=O) groups is 3. The number of hydrogen-bond acceptors (Lipinski definition) is 5. The number of aliphatic hydroxyl groups is 1. The number of rotatable bonds is 6. The summed E-state index contributed by atoms with van der Waals surface area (Å²) < 4.78 is 0. The minimum absolute atomic E-state index is 0.231. The predicted molar refractivity (Wildman–Crippen MR) is 101 cm³/mol. The second kappa shape index (κ2) is 8.14. The molecule has 2 aliphatic rings. The molecule has 1 aliphatic heterocycles. The highest BCUT2D eigenvalue weighted by Crippen LogP contribution is 2.39. The summed E-state index contributed by atoms with van der Waals surface area (Å²) in [5.41, 5.74) is 10.3. The lowest BCUT2D eigenvalue weighted by Crippen LogP contribution is -2.63. The van der Waals surface area contributed by atoms with E-state index in [0.717, 1.165) is 25.7 Å². The van der Waals surface area contributed by atoms with Crippen molar-refractivity contribution in [1.29, 1.82) is 0 Å². The van der Waals surface area contributed by atoms with Gasteiger partial charge in [0.1, 0.15) is 11.6 Å². The fourth-order valence-corrected chi connectivity index (χ4v) is 4.67. The van der Waals surface area contributed by atoms with Crippen molar-refractivity contribution in [1.82, 2.24) is 9.80 Å². The average molecular weight is 383 g/mol. The number of aliphatic hydroxyl groups excluding tert-OH is 1. The third-order valence-corrected chi connectivity index (χ3v) is 6.62. The Kier molecular flexibility index (Phi) is 6.52. The van der Waals surface area contributed by atoms with Crippen LogP contribution in [0.4, 0.5) is 0 Å². The lowest BCUT2D eigenvalue weighted by Gasteiger charge is -2.43. The van der Waals surface area contributed by atoms with Crippen LogP contribution in [0.5, 0.6) is 0 Å². The first-order valence-corrected chi connectivity index (χ1v) is 9.85. The molecule has 1 saturated heterocycles. The Morgan fingerprint density at radius 2 is 1.89 bits per heavy atom. The summed E-state index contributed by atoms with van der Waals surface area (Å²) in [5.74, 6) is -1.52. The van der Waals surface area contributed by atoms with Crippen molar-refractivity contribution in [2.45, 2.75) is 76.6 Å². The van der Waals surface area contributed by atoms with Crippen LogP contribution >= 0.6 is 0 Å². The van der Waals surface area contributed by atoms with Crippen LogP contribution in [0.1, 0.15) is 52.9 Å². The first-order chi connectivity index (χ1) is 12.5. The van der Waals surface area contributed by atoms with Crippen molar-refractivity contribution in [3.05, 3.63) is 0 Å². The van der Waals surface area contributed by atoms with Crippen LogP contribution in [0.3, 0.4) is 0 Å². The molecule has 8 nitrogen and oxygen atoms in total. The lowest BCUT2D eigenvalue weighted by atomic mass is 9.82. The topological polar surface area (TPSA) is 130 Å². The van der Waals surface area contributed by atoms with Gasteiger partial charge in [-0.05, 0) is 32.6 Å². The molecule has 3 unspecified atom stereocenters. The second-order valence-corrected chi connectivity index (χ2v) is 8.42. The zero-order valence-corrected chi connectivity index (χ0v) is 16.9. The zero-order valence-electron chi connectivity index (χ0n) is 16.9. The predicted octanol–water partition coefficient (Wildman–Crippen LogP) is -0.176. The van der Waals surface area contributed by atoms with Gasteiger partial charge in [0, 0.05) is 19.5 Å². The minimum Gasteiger partial charge on any atom is -0.391 e. The molecule has 0 spiro atoms. The quantitative estimate of drug-likeness (QED) is 0.587. The van der Waals surface area contributed by atoms with Gasteiger partial charge >= 0.3 is 0 Å². The second-order valence-electron chi connectivity index (χ2n) is 8.42. The number of carbonyl (C=O) groups excluding carboxylic acids is 3. The number of likely N-dealkylation sites (N-methyl/N-ethyl adjacent to an activating group) is 1. The standard InChI is InChI=1S/C19H34N4O4/c1-11-14(20)17(26)23(10-13-8-6-5-7-9-13)19(11,3)18(27)22(4)15(12(2)24)16(21)25/h11-15,24H,5-10,20H2,1-4H3,(H2,21,25)/t11?,12-,14?,15+,19?/m1/s1. The molecule has 27 heavy (non-hydrogen) atoms. The molecule has 0 aromatic carbocycles. The highest BCUT2D eigenvalue weighted by Gasteiger charge is 2.58. The third kappa shape index (κ3) is 3.82. The van der Waals surface area contributed by atoms with Gasteiger partial charge in [-0.15, -0.1) is 0 Å². The summed E-state index contributed by atoms with van der Waals surface area (Å²) in [6.07, 6.45) is 4.41. The summed E-state index contributed by atoms with van der Waals surface area (Å²) in [4.78, 5) is 40.8. The number of nitrogens with two attached hydrogens (primary N) is 2. The number of nitrogens with zero attached hydrogens (tertiary/aromatic N) is 2. The van der Waals surface area contributed by atoms with Crippen molar-refractivity contribution in [3.63, 3.8) is 0 Å². The van der Waals surface area contributed by atoms with E-state index < -0.39 is 41.5 Å². The molecular weight excluding hydrogens is 348 g/mol. The molecule has 5 atom stereocenters. The van der Waals surface area contributed by atoms with E-state index in [1.807, 2.05) is 0 Å². The van der Waals surface area contributed by atoms with Crippen LogP contribution in [0.15, 0.2) is 0 Å². The normalized spacial score (nSPS) is 31.6. The van der Waals surface area contributed by atoms with E-state index in [4.69, 9.17) is 11.5 Å². The van der Waals surface area contributed by atoms with E-state index in [1.165, 1.54) is 25.3 Å². The van der Waals surface area contributed by atoms with Crippen LogP contribution in [-0.2, 0) is 14.4 Å². The Hall–Kier alpha value is -1.67. The van der Waals surface area contributed by atoms with Crippen LogP contribution < -0.4 is 11.5 Å². The molecule has 0 bridgehead atoms. The van der Waals surface area contributed by atoms with Gasteiger partial charge < -0.3 is 26.4 Å². The molecule has 154 valence electrons. The smallest absolute Gasteiger partial charge is 0.249 e. The molecule has 0 radical (unpaired) electrons. The lowest BCUT2D eigenvalue weighted by molar-refractivity contribution is -0.154. The van der Waals surface area contributed by atoms with E-state index in [0.29, 0.717) is 12.5 Å². The summed E-state index contributed by atoms with van der Waals surface area (Å²) in [6, 6.07) is -1.93. The SMILES string of the molecule is CC1C(N)C(=O)N(CC2CCCCC2)C1(C)C(=O)N(C)[C@H](C(N)=O)[C@@H](C)O. The maximum absolute atomic E-state index is 13.4. The molecule has 0 aromatic rings. The van der Waals surface area contributed by atoms with Gasteiger partial charge in [-0.2, -0.15) is 0 Å². The van der Waals surface area contributed by atoms with Crippen molar-refractivity contribution in [3.8, 4) is 0 Å². The Labute approximate surface area is 161 Å². The van der Waals surface area contributed by atoms with E-state index in [2.05, 4.69) is 0 Å². The van der Waals surface area contributed by atoms with Gasteiger partial charge in [0.15, 0.2) is 0 Å². The number of primary amides is 1. The number of likely N-dealkylation sites (tertiary alicyclic amines) is 1. The highest BCUT2D eigenvalue weighted by atomic mass is 16.3. The Morgan fingerprint density at radius 1 is 1.33 bits per heavy atom. The first-order valence-electron chi connectivity index (χ1n) is 9.85. The monoisotopic (exact) mass is 382 g/mol. The van der Waals surface area contributed by atoms with Crippen LogP contribution in [0, 0.1) is 11.8 Å². The fraction of sp³-hybridized carbons (Fsp3) is 0.842. The minimum atomic E-state index is -1.18. The van der Waals surface area contributed by atoms with Crippen LogP contribution in [-0.4, -0.2) is 69.9 Å². The largest absolute Gasteiger partial charge is 0.391 e. The van der Waals surface area contributed by atoms with Crippen molar-refractivity contribution < 1.29 is 19.5 Å². The van der Waals surface area contributed by atoms with Crippen LogP contribution in [0.25, 0.3) is 0 Å². The molecule has 0 aromatic heterocycles. The number of amides is 3. The summed E-state index contributed by atoms with van der Waals surface area (Å²) >= 11 is 0. The summed E-state index contributed by atoms with van der Waals surface area (Å²) in [5, 5.41) is 9.93. The fourth-order valence-electron chi connectivity index (χ4n) is 4.67. The highest BCUT2D eigenvalue weighted by molar-refractivity contribution is 5.99. The molecule has 2 rings (SSSR count).